The maximum absolute atomic E-state index is 12.0. The van der Waals surface area contributed by atoms with Crippen molar-refractivity contribution >= 4 is 17.7 Å². The smallest absolute Gasteiger partial charge is 0.220 e. The van der Waals surface area contributed by atoms with E-state index in [0.29, 0.717) is 12.3 Å². The summed E-state index contributed by atoms with van der Waals surface area (Å²) in [5.74, 6) is 2.90. The Labute approximate surface area is 118 Å². The quantitative estimate of drug-likeness (QED) is 0.870. The van der Waals surface area contributed by atoms with Gasteiger partial charge in [0.15, 0.2) is 0 Å². The van der Waals surface area contributed by atoms with Gasteiger partial charge in [0.2, 0.25) is 5.91 Å². The van der Waals surface area contributed by atoms with Crippen molar-refractivity contribution in [2.24, 2.45) is 5.92 Å². The molecule has 0 bridgehead atoms. The van der Waals surface area contributed by atoms with Crippen molar-refractivity contribution < 1.29 is 9.90 Å². The van der Waals surface area contributed by atoms with E-state index < -0.39 is 0 Å². The number of rotatable bonds is 5. The van der Waals surface area contributed by atoms with Crippen molar-refractivity contribution in [2.45, 2.75) is 25.3 Å². The molecule has 19 heavy (non-hydrogen) atoms. The van der Waals surface area contributed by atoms with E-state index in [4.69, 9.17) is 0 Å². The maximum Gasteiger partial charge on any atom is 0.220 e. The van der Waals surface area contributed by atoms with Crippen LogP contribution in [0.25, 0.3) is 0 Å². The van der Waals surface area contributed by atoms with Crippen molar-refractivity contribution in [2.75, 3.05) is 18.1 Å². The average Bonchev–Trinajstić information content (AvgIpc) is 2.47. The van der Waals surface area contributed by atoms with Crippen LogP contribution >= 0.6 is 11.8 Å². The Morgan fingerprint density at radius 2 is 2.00 bits per heavy atom. The van der Waals surface area contributed by atoms with Crippen molar-refractivity contribution in [1.82, 2.24) is 5.32 Å². The Morgan fingerprint density at radius 1 is 1.32 bits per heavy atom. The SMILES string of the molecule is O=C(CC1CCSCC1)N[C@H](CO)c1ccccc1. The molecule has 0 saturated carbocycles. The van der Waals surface area contributed by atoms with E-state index in [9.17, 15) is 9.90 Å². The number of carbonyl (C=O) groups is 1. The fraction of sp³-hybridized carbons (Fsp3) is 0.533. The standard InChI is InChI=1S/C15H21NO2S/c17-11-14(13-4-2-1-3-5-13)16-15(18)10-12-6-8-19-9-7-12/h1-5,12,14,17H,6-11H2,(H,16,18)/t14-/m1/s1. The molecule has 1 atom stereocenters. The third kappa shape index (κ3) is 4.55. The van der Waals surface area contributed by atoms with Gasteiger partial charge in [-0.15, -0.1) is 0 Å². The normalized spacial score (nSPS) is 17.9. The first kappa shape index (κ1) is 14.4. The summed E-state index contributed by atoms with van der Waals surface area (Å²) in [6, 6.07) is 9.34. The third-order valence-corrected chi connectivity index (χ3v) is 4.58. The number of carbonyl (C=O) groups excluding carboxylic acids is 1. The van der Waals surface area contributed by atoms with Gasteiger partial charge in [0, 0.05) is 6.42 Å². The minimum absolute atomic E-state index is 0.0554. The number of aliphatic hydroxyl groups excluding tert-OH is 1. The van der Waals surface area contributed by atoms with Gasteiger partial charge in [-0.3, -0.25) is 4.79 Å². The molecule has 2 rings (SSSR count). The lowest BCUT2D eigenvalue weighted by Crippen LogP contribution is -2.32. The molecule has 1 heterocycles. The van der Waals surface area contributed by atoms with Crippen LogP contribution in [-0.4, -0.2) is 29.1 Å². The molecule has 1 aliphatic rings. The van der Waals surface area contributed by atoms with E-state index in [1.807, 2.05) is 42.1 Å². The molecule has 1 aromatic carbocycles. The highest BCUT2D eigenvalue weighted by Crippen LogP contribution is 2.25. The summed E-state index contributed by atoms with van der Waals surface area (Å²) in [7, 11) is 0. The molecular formula is C15H21NO2S. The van der Waals surface area contributed by atoms with Gasteiger partial charge in [-0.1, -0.05) is 30.3 Å². The van der Waals surface area contributed by atoms with Gasteiger partial charge in [-0.05, 0) is 35.8 Å². The van der Waals surface area contributed by atoms with Crippen LogP contribution in [0.15, 0.2) is 30.3 Å². The predicted octanol–water partition coefficient (Wildman–Crippen LogP) is 2.37. The van der Waals surface area contributed by atoms with Crippen LogP contribution < -0.4 is 5.32 Å². The lowest BCUT2D eigenvalue weighted by Gasteiger charge is -2.22. The minimum Gasteiger partial charge on any atom is -0.394 e. The van der Waals surface area contributed by atoms with Crippen LogP contribution in [0.2, 0.25) is 0 Å². The van der Waals surface area contributed by atoms with Crippen LogP contribution in [-0.2, 0) is 4.79 Å². The van der Waals surface area contributed by atoms with Crippen molar-refractivity contribution in [3.8, 4) is 0 Å². The van der Waals surface area contributed by atoms with Crippen LogP contribution in [0.5, 0.6) is 0 Å². The molecule has 2 N–H and O–H groups in total. The van der Waals surface area contributed by atoms with Crippen molar-refractivity contribution in [1.29, 1.82) is 0 Å². The molecule has 0 unspecified atom stereocenters. The highest BCUT2D eigenvalue weighted by molar-refractivity contribution is 7.99. The number of amides is 1. The number of thioether (sulfide) groups is 1. The summed E-state index contributed by atoms with van der Waals surface area (Å²) >= 11 is 1.97. The number of benzene rings is 1. The van der Waals surface area contributed by atoms with Crippen molar-refractivity contribution in [3.05, 3.63) is 35.9 Å². The van der Waals surface area contributed by atoms with Gasteiger partial charge < -0.3 is 10.4 Å². The van der Waals surface area contributed by atoms with E-state index in [-0.39, 0.29) is 18.6 Å². The maximum atomic E-state index is 12.0. The Bertz CT molecular complexity index is 390. The Balaban J connectivity index is 1.85. The molecule has 0 spiro atoms. The van der Waals surface area contributed by atoms with Crippen LogP contribution in [0.4, 0.5) is 0 Å². The van der Waals surface area contributed by atoms with Gasteiger partial charge in [-0.2, -0.15) is 11.8 Å². The van der Waals surface area contributed by atoms with E-state index in [0.717, 1.165) is 18.4 Å². The lowest BCUT2D eigenvalue weighted by atomic mass is 9.98. The Morgan fingerprint density at radius 3 is 2.63 bits per heavy atom. The van der Waals surface area contributed by atoms with Crippen LogP contribution in [0, 0.1) is 5.92 Å². The van der Waals surface area contributed by atoms with Crippen LogP contribution in [0.1, 0.15) is 30.9 Å². The number of aliphatic hydroxyl groups is 1. The highest BCUT2D eigenvalue weighted by Gasteiger charge is 2.19. The predicted molar refractivity (Wildman–Crippen MR) is 79.1 cm³/mol. The molecule has 0 aliphatic carbocycles. The average molecular weight is 279 g/mol. The van der Waals surface area contributed by atoms with Gasteiger partial charge in [0.1, 0.15) is 0 Å². The van der Waals surface area contributed by atoms with Gasteiger partial charge >= 0.3 is 0 Å². The zero-order valence-corrected chi connectivity index (χ0v) is 11.9. The summed E-state index contributed by atoms with van der Waals surface area (Å²) in [6.45, 7) is -0.0593. The summed E-state index contributed by atoms with van der Waals surface area (Å²) in [5.41, 5.74) is 0.956. The second-order valence-corrected chi connectivity index (χ2v) is 6.20. The van der Waals surface area contributed by atoms with Gasteiger partial charge in [0.05, 0.1) is 12.6 Å². The van der Waals surface area contributed by atoms with E-state index in [2.05, 4.69) is 5.32 Å². The molecule has 0 radical (unpaired) electrons. The molecule has 1 saturated heterocycles. The van der Waals surface area contributed by atoms with E-state index >= 15 is 0 Å². The fourth-order valence-electron chi connectivity index (χ4n) is 2.39. The monoisotopic (exact) mass is 279 g/mol. The highest BCUT2D eigenvalue weighted by atomic mass is 32.2. The van der Waals surface area contributed by atoms with E-state index in [1.165, 1.54) is 11.5 Å². The molecule has 1 amide bonds. The summed E-state index contributed by atoms with van der Waals surface area (Å²) in [4.78, 5) is 12.0. The summed E-state index contributed by atoms with van der Waals surface area (Å²) in [5, 5.41) is 12.4. The fourth-order valence-corrected chi connectivity index (χ4v) is 3.59. The number of hydrogen-bond donors (Lipinski definition) is 2. The number of hydrogen-bond acceptors (Lipinski definition) is 3. The molecule has 3 nitrogen and oxygen atoms in total. The lowest BCUT2D eigenvalue weighted by molar-refractivity contribution is -0.123. The molecule has 1 fully saturated rings. The zero-order chi connectivity index (χ0) is 13.5. The minimum atomic E-state index is -0.285. The third-order valence-electron chi connectivity index (χ3n) is 3.53. The molecule has 4 heteroatoms. The topological polar surface area (TPSA) is 49.3 Å². The van der Waals surface area contributed by atoms with Gasteiger partial charge in [0.25, 0.3) is 0 Å². The second kappa shape index (κ2) is 7.56. The summed E-state index contributed by atoms with van der Waals surface area (Å²) in [6.07, 6.45) is 2.85. The Hall–Kier alpha value is -1.00. The summed E-state index contributed by atoms with van der Waals surface area (Å²) < 4.78 is 0. The first-order valence-corrected chi connectivity index (χ1v) is 7.98. The zero-order valence-electron chi connectivity index (χ0n) is 11.0. The van der Waals surface area contributed by atoms with E-state index in [1.54, 1.807) is 0 Å². The first-order chi connectivity index (χ1) is 9.29. The van der Waals surface area contributed by atoms with Crippen molar-refractivity contribution in [3.63, 3.8) is 0 Å². The van der Waals surface area contributed by atoms with Gasteiger partial charge in [-0.25, -0.2) is 0 Å². The molecule has 1 aromatic rings. The molecule has 104 valence electrons. The molecular weight excluding hydrogens is 258 g/mol. The first-order valence-electron chi connectivity index (χ1n) is 6.82. The van der Waals surface area contributed by atoms with Crippen LogP contribution in [0.3, 0.4) is 0 Å². The number of nitrogens with one attached hydrogen (secondary N) is 1. The Kier molecular flexibility index (Phi) is 5.73. The molecule has 0 aromatic heterocycles. The molecule has 1 aliphatic heterocycles. The second-order valence-electron chi connectivity index (χ2n) is 4.97. The largest absolute Gasteiger partial charge is 0.394 e.